The summed E-state index contributed by atoms with van der Waals surface area (Å²) in [6.07, 6.45) is 1.81. The van der Waals surface area contributed by atoms with Gasteiger partial charge in [0.1, 0.15) is 23.2 Å². The molecular weight excluding hydrogens is 264 g/mol. The number of aryl methyl sites for hydroxylation is 1. The first kappa shape index (κ1) is 15.1. The maximum Gasteiger partial charge on any atom is 0.139 e. The lowest BCUT2D eigenvalue weighted by atomic mass is 10.2. The number of nitrogens with zero attached hydrogens (tertiary/aromatic N) is 2. The highest BCUT2D eigenvalue weighted by Crippen LogP contribution is 2.23. The number of nitrogens with two attached hydrogens (primary N) is 1. The quantitative estimate of drug-likeness (QED) is 0.850. The summed E-state index contributed by atoms with van der Waals surface area (Å²) >= 11 is 0. The van der Waals surface area contributed by atoms with E-state index in [1.807, 2.05) is 38.1 Å². The lowest BCUT2D eigenvalue weighted by Gasteiger charge is -2.12. The van der Waals surface area contributed by atoms with Gasteiger partial charge in [-0.1, -0.05) is 6.92 Å². The molecule has 0 aliphatic rings. The molecule has 0 saturated heterocycles. The normalized spacial score (nSPS) is 10.4. The van der Waals surface area contributed by atoms with Gasteiger partial charge in [0, 0.05) is 17.7 Å². The monoisotopic (exact) mass is 286 g/mol. The number of anilines is 3. The van der Waals surface area contributed by atoms with Gasteiger partial charge >= 0.3 is 0 Å². The fourth-order valence-electron chi connectivity index (χ4n) is 1.98. The van der Waals surface area contributed by atoms with Crippen LogP contribution in [0.3, 0.4) is 0 Å². The molecule has 0 unspecified atom stereocenters. The number of rotatable bonds is 6. The van der Waals surface area contributed by atoms with Crippen molar-refractivity contribution in [3.05, 3.63) is 35.7 Å². The Kier molecular flexibility index (Phi) is 4.98. The van der Waals surface area contributed by atoms with E-state index in [-0.39, 0.29) is 0 Å². The van der Waals surface area contributed by atoms with Crippen LogP contribution in [0.2, 0.25) is 0 Å². The van der Waals surface area contributed by atoms with Gasteiger partial charge in [0.05, 0.1) is 6.61 Å². The van der Waals surface area contributed by atoms with E-state index in [1.54, 1.807) is 0 Å². The molecule has 0 aliphatic carbocycles. The molecule has 2 aromatic rings. The van der Waals surface area contributed by atoms with Crippen LogP contribution in [0.1, 0.15) is 31.7 Å². The molecule has 5 heteroatoms. The van der Waals surface area contributed by atoms with E-state index < -0.39 is 0 Å². The predicted molar refractivity (Wildman–Crippen MR) is 86.1 cm³/mol. The van der Waals surface area contributed by atoms with Crippen LogP contribution < -0.4 is 15.8 Å². The highest BCUT2D eigenvalue weighted by atomic mass is 16.5. The van der Waals surface area contributed by atoms with E-state index in [1.165, 1.54) is 0 Å². The van der Waals surface area contributed by atoms with Gasteiger partial charge in [-0.2, -0.15) is 0 Å². The third-order valence-corrected chi connectivity index (χ3v) is 3.13. The second-order valence-corrected chi connectivity index (χ2v) is 4.83. The molecule has 5 nitrogen and oxygen atoms in total. The molecule has 1 aromatic carbocycles. The zero-order valence-corrected chi connectivity index (χ0v) is 12.8. The summed E-state index contributed by atoms with van der Waals surface area (Å²) in [6.45, 7) is 6.64. The van der Waals surface area contributed by atoms with Crippen LogP contribution in [0.15, 0.2) is 24.3 Å². The molecule has 1 aromatic heterocycles. The van der Waals surface area contributed by atoms with E-state index in [0.717, 1.165) is 41.5 Å². The Balaban J connectivity index is 2.21. The Labute approximate surface area is 125 Å². The van der Waals surface area contributed by atoms with Crippen molar-refractivity contribution in [3.63, 3.8) is 0 Å². The van der Waals surface area contributed by atoms with Crippen molar-refractivity contribution >= 4 is 17.3 Å². The smallest absolute Gasteiger partial charge is 0.139 e. The zero-order valence-electron chi connectivity index (χ0n) is 12.8. The van der Waals surface area contributed by atoms with Crippen molar-refractivity contribution in [2.24, 2.45) is 0 Å². The molecule has 0 spiro atoms. The van der Waals surface area contributed by atoms with Gasteiger partial charge in [0.2, 0.25) is 0 Å². The van der Waals surface area contributed by atoms with Crippen LogP contribution in [0, 0.1) is 6.92 Å². The van der Waals surface area contributed by atoms with Crippen LogP contribution in [0.25, 0.3) is 0 Å². The molecule has 2 rings (SSSR count). The first-order valence-electron chi connectivity index (χ1n) is 7.27. The van der Waals surface area contributed by atoms with Crippen molar-refractivity contribution in [1.29, 1.82) is 0 Å². The molecule has 0 amide bonds. The zero-order chi connectivity index (χ0) is 15.2. The fourth-order valence-corrected chi connectivity index (χ4v) is 1.98. The molecule has 0 aliphatic heterocycles. The molecule has 0 radical (unpaired) electrons. The minimum absolute atomic E-state index is 0.530. The number of nitrogen functional groups attached to an aromatic ring is 1. The average molecular weight is 286 g/mol. The van der Waals surface area contributed by atoms with Gasteiger partial charge < -0.3 is 15.8 Å². The van der Waals surface area contributed by atoms with E-state index in [4.69, 9.17) is 10.5 Å². The molecular formula is C16H22N4O. The Bertz CT molecular complexity index is 596. The van der Waals surface area contributed by atoms with Crippen LogP contribution in [-0.2, 0) is 6.42 Å². The van der Waals surface area contributed by atoms with Crippen molar-refractivity contribution in [3.8, 4) is 5.75 Å². The Morgan fingerprint density at radius 1 is 1.14 bits per heavy atom. The van der Waals surface area contributed by atoms with E-state index in [2.05, 4.69) is 22.2 Å². The minimum Gasteiger partial charge on any atom is -0.494 e. The summed E-state index contributed by atoms with van der Waals surface area (Å²) in [5, 5.41) is 3.29. The maximum absolute atomic E-state index is 5.96. The van der Waals surface area contributed by atoms with Crippen molar-refractivity contribution in [2.75, 3.05) is 17.7 Å². The minimum atomic E-state index is 0.530. The maximum atomic E-state index is 5.96. The third kappa shape index (κ3) is 3.84. The van der Waals surface area contributed by atoms with Crippen LogP contribution in [0.4, 0.5) is 17.3 Å². The second-order valence-electron chi connectivity index (χ2n) is 4.83. The van der Waals surface area contributed by atoms with E-state index in [9.17, 15) is 0 Å². The van der Waals surface area contributed by atoms with E-state index >= 15 is 0 Å². The molecule has 21 heavy (non-hydrogen) atoms. The van der Waals surface area contributed by atoms with Crippen molar-refractivity contribution in [1.82, 2.24) is 9.97 Å². The van der Waals surface area contributed by atoms with Crippen LogP contribution in [0.5, 0.6) is 5.75 Å². The van der Waals surface area contributed by atoms with Gasteiger partial charge in [-0.25, -0.2) is 9.97 Å². The van der Waals surface area contributed by atoms with Gasteiger partial charge in [-0.15, -0.1) is 0 Å². The number of ether oxygens (including phenoxy) is 1. The molecule has 1 heterocycles. The first-order valence-corrected chi connectivity index (χ1v) is 7.27. The first-order chi connectivity index (χ1) is 10.1. The number of aromatic nitrogens is 2. The lowest BCUT2D eigenvalue weighted by molar-refractivity contribution is 0.340. The largest absolute Gasteiger partial charge is 0.494 e. The number of hydrogen-bond acceptors (Lipinski definition) is 5. The molecule has 0 fully saturated rings. The summed E-state index contributed by atoms with van der Waals surface area (Å²) in [7, 11) is 0. The summed E-state index contributed by atoms with van der Waals surface area (Å²) < 4.78 is 5.43. The number of hydrogen-bond donors (Lipinski definition) is 2. The second kappa shape index (κ2) is 6.92. The van der Waals surface area contributed by atoms with Gasteiger partial charge in [-0.3, -0.25) is 0 Å². The Morgan fingerprint density at radius 3 is 2.48 bits per heavy atom. The predicted octanol–water partition coefficient (Wildman–Crippen LogP) is 3.46. The Morgan fingerprint density at radius 2 is 1.86 bits per heavy atom. The SMILES string of the molecule is CCCc1nc(N)c(C)c(Nc2ccc(OCC)cc2)n1. The van der Waals surface area contributed by atoms with Crippen molar-refractivity contribution < 1.29 is 4.74 Å². The average Bonchev–Trinajstić information content (AvgIpc) is 2.47. The van der Waals surface area contributed by atoms with Gasteiger partial charge in [0.15, 0.2) is 0 Å². The van der Waals surface area contributed by atoms with E-state index in [0.29, 0.717) is 12.4 Å². The standard InChI is InChI=1S/C16H22N4O/c1-4-6-14-19-15(17)11(3)16(20-14)18-12-7-9-13(10-8-12)21-5-2/h7-10H,4-6H2,1-3H3,(H3,17,18,19,20). The summed E-state index contributed by atoms with van der Waals surface area (Å²) in [4.78, 5) is 8.85. The fraction of sp³-hybridized carbons (Fsp3) is 0.375. The number of benzene rings is 1. The summed E-state index contributed by atoms with van der Waals surface area (Å²) in [5.74, 6) is 2.92. The van der Waals surface area contributed by atoms with Gasteiger partial charge in [0.25, 0.3) is 0 Å². The molecule has 0 atom stereocenters. The summed E-state index contributed by atoms with van der Waals surface area (Å²) in [6, 6.07) is 7.78. The molecule has 0 bridgehead atoms. The highest BCUT2D eigenvalue weighted by Gasteiger charge is 2.08. The molecule has 3 N–H and O–H groups in total. The topological polar surface area (TPSA) is 73.1 Å². The molecule has 0 saturated carbocycles. The Hall–Kier alpha value is -2.30. The molecule has 112 valence electrons. The number of nitrogens with one attached hydrogen (secondary N) is 1. The summed E-state index contributed by atoms with van der Waals surface area (Å²) in [5.41, 5.74) is 7.77. The third-order valence-electron chi connectivity index (χ3n) is 3.13. The van der Waals surface area contributed by atoms with Crippen molar-refractivity contribution in [2.45, 2.75) is 33.6 Å². The van der Waals surface area contributed by atoms with Crippen LogP contribution in [-0.4, -0.2) is 16.6 Å². The van der Waals surface area contributed by atoms with Crippen LogP contribution >= 0.6 is 0 Å². The lowest BCUT2D eigenvalue weighted by Crippen LogP contribution is -2.07. The van der Waals surface area contributed by atoms with Gasteiger partial charge in [-0.05, 0) is 44.5 Å². The highest BCUT2D eigenvalue weighted by molar-refractivity contribution is 5.64.